The van der Waals surface area contributed by atoms with Crippen LogP contribution in [-0.2, 0) is 14.2 Å². The van der Waals surface area contributed by atoms with Crippen LogP contribution in [0, 0.1) is 0 Å². The van der Waals surface area contributed by atoms with Gasteiger partial charge in [-0.25, -0.2) is 0 Å². The molecule has 2 atom stereocenters. The van der Waals surface area contributed by atoms with Crippen LogP contribution in [0.4, 0.5) is 13.2 Å². The normalized spacial score (nSPS) is 30.9. The molecular weight excluding hydrogens is 263 g/mol. The van der Waals surface area contributed by atoms with Gasteiger partial charge in [0.1, 0.15) is 0 Å². The molecule has 1 spiro atoms. The SMILES string of the molecule is CNC1CCC2(CC1OCCC(F)(F)F)OCCO2. The summed E-state index contributed by atoms with van der Waals surface area (Å²) in [6, 6.07) is 0.0478. The van der Waals surface area contributed by atoms with Crippen molar-refractivity contribution in [3.8, 4) is 0 Å². The molecule has 0 aromatic heterocycles. The van der Waals surface area contributed by atoms with Crippen molar-refractivity contribution in [2.75, 3.05) is 26.9 Å². The van der Waals surface area contributed by atoms with Gasteiger partial charge in [0, 0.05) is 18.9 Å². The van der Waals surface area contributed by atoms with Gasteiger partial charge in [-0.05, 0) is 13.5 Å². The second kappa shape index (κ2) is 5.95. The summed E-state index contributed by atoms with van der Waals surface area (Å²) >= 11 is 0. The van der Waals surface area contributed by atoms with Crippen molar-refractivity contribution in [2.45, 2.75) is 49.8 Å². The Labute approximate surface area is 110 Å². The fourth-order valence-corrected chi connectivity index (χ4v) is 2.70. The maximum Gasteiger partial charge on any atom is 0.391 e. The lowest BCUT2D eigenvalue weighted by Gasteiger charge is -2.40. The molecule has 2 fully saturated rings. The van der Waals surface area contributed by atoms with Gasteiger partial charge in [-0.2, -0.15) is 13.2 Å². The van der Waals surface area contributed by atoms with Crippen LogP contribution < -0.4 is 5.32 Å². The van der Waals surface area contributed by atoms with Crippen molar-refractivity contribution < 1.29 is 27.4 Å². The summed E-state index contributed by atoms with van der Waals surface area (Å²) in [6.45, 7) is 0.765. The second-order valence-electron chi connectivity index (χ2n) is 5.02. The molecule has 4 nitrogen and oxygen atoms in total. The molecule has 0 radical (unpaired) electrons. The summed E-state index contributed by atoms with van der Waals surface area (Å²) in [6.07, 6.45) is -3.41. The van der Waals surface area contributed by atoms with Gasteiger partial charge in [0.25, 0.3) is 0 Å². The number of ether oxygens (including phenoxy) is 3. The van der Waals surface area contributed by atoms with Crippen LogP contribution >= 0.6 is 0 Å². The van der Waals surface area contributed by atoms with Crippen LogP contribution in [0.3, 0.4) is 0 Å². The fraction of sp³-hybridized carbons (Fsp3) is 1.00. The molecule has 112 valence electrons. The Morgan fingerprint density at radius 2 is 2.00 bits per heavy atom. The summed E-state index contributed by atoms with van der Waals surface area (Å²) in [5.74, 6) is -0.643. The maximum absolute atomic E-state index is 12.1. The molecule has 1 N–H and O–H groups in total. The predicted molar refractivity (Wildman–Crippen MR) is 61.7 cm³/mol. The van der Waals surface area contributed by atoms with E-state index >= 15 is 0 Å². The van der Waals surface area contributed by atoms with Gasteiger partial charge in [0.05, 0.1) is 32.3 Å². The second-order valence-corrected chi connectivity index (χ2v) is 5.02. The lowest BCUT2D eigenvalue weighted by atomic mass is 9.87. The van der Waals surface area contributed by atoms with Crippen LogP contribution in [0.5, 0.6) is 0 Å². The number of hydrogen-bond donors (Lipinski definition) is 1. The van der Waals surface area contributed by atoms with Crippen molar-refractivity contribution in [1.29, 1.82) is 0 Å². The van der Waals surface area contributed by atoms with E-state index in [2.05, 4.69) is 5.32 Å². The zero-order valence-electron chi connectivity index (χ0n) is 11.0. The third kappa shape index (κ3) is 4.05. The predicted octanol–water partition coefficient (Wildman–Crippen LogP) is 1.84. The third-order valence-electron chi connectivity index (χ3n) is 3.70. The average Bonchev–Trinajstić information content (AvgIpc) is 2.76. The van der Waals surface area contributed by atoms with Crippen LogP contribution in [-0.4, -0.2) is 51.0 Å². The van der Waals surface area contributed by atoms with Gasteiger partial charge in [-0.3, -0.25) is 0 Å². The van der Waals surface area contributed by atoms with E-state index in [1.807, 2.05) is 0 Å². The molecule has 19 heavy (non-hydrogen) atoms. The van der Waals surface area contributed by atoms with E-state index in [0.717, 1.165) is 12.8 Å². The Hall–Kier alpha value is -0.370. The topological polar surface area (TPSA) is 39.7 Å². The highest BCUT2D eigenvalue weighted by atomic mass is 19.4. The van der Waals surface area contributed by atoms with Crippen LogP contribution in [0.15, 0.2) is 0 Å². The summed E-state index contributed by atoms with van der Waals surface area (Å²) in [4.78, 5) is 0. The van der Waals surface area contributed by atoms with Crippen LogP contribution in [0.1, 0.15) is 25.7 Å². The lowest BCUT2D eigenvalue weighted by molar-refractivity contribution is -0.211. The first-order valence-corrected chi connectivity index (χ1v) is 6.58. The van der Waals surface area contributed by atoms with E-state index in [9.17, 15) is 13.2 Å². The highest BCUT2D eigenvalue weighted by molar-refractivity contribution is 4.91. The number of nitrogens with one attached hydrogen (secondary N) is 1. The zero-order valence-corrected chi connectivity index (χ0v) is 11.0. The maximum atomic E-state index is 12.1. The van der Waals surface area contributed by atoms with Gasteiger partial charge in [0.15, 0.2) is 5.79 Å². The Balaban J connectivity index is 1.87. The minimum absolute atomic E-state index is 0.0478. The molecule has 0 bridgehead atoms. The fourth-order valence-electron chi connectivity index (χ4n) is 2.70. The third-order valence-corrected chi connectivity index (χ3v) is 3.70. The molecule has 2 unspecified atom stereocenters. The molecular formula is C12H20F3NO3. The quantitative estimate of drug-likeness (QED) is 0.854. The minimum Gasteiger partial charge on any atom is -0.376 e. The van der Waals surface area contributed by atoms with Crippen molar-refractivity contribution in [1.82, 2.24) is 5.32 Å². The molecule has 1 saturated heterocycles. The van der Waals surface area contributed by atoms with E-state index in [4.69, 9.17) is 14.2 Å². The largest absolute Gasteiger partial charge is 0.391 e. The first-order valence-electron chi connectivity index (χ1n) is 6.58. The number of hydrogen-bond acceptors (Lipinski definition) is 4. The number of rotatable bonds is 4. The Morgan fingerprint density at radius 3 is 2.58 bits per heavy atom. The molecule has 1 aliphatic carbocycles. The Bertz CT molecular complexity index is 292. The molecule has 2 aliphatic rings. The molecule has 0 aromatic carbocycles. The van der Waals surface area contributed by atoms with Crippen molar-refractivity contribution in [2.24, 2.45) is 0 Å². The monoisotopic (exact) mass is 283 g/mol. The van der Waals surface area contributed by atoms with Gasteiger partial charge >= 0.3 is 6.18 Å². The molecule has 1 saturated carbocycles. The van der Waals surface area contributed by atoms with E-state index in [0.29, 0.717) is 19.6 Å². The first kappa shape index (κ1) is 15.0. The summed E-state index contributed by atoms with van der Waals surface area (Å²) < 4.78 is 53.0. The van der Waals surface area contributed by atoms with Gasteiger partial charge in [0.2, 0.25) is 0 Å². The van der Waals surface area contributed by atoms with Gasteiger partial charge < -0.3 is 19.5 Å². The standard InChI is InChI=1S/C12H20F3NO3/c1-16-9-2-3-11(18-6-7-19-11)8-10(9)17-5-4-12(13,14)15/h9-10,16H,2-8H2,1H3. The highest BCUT2D eigenvalue weighted by Gasteiger charge is 2.45. The molecule has 0 amide bonds. The highest BCUT2D eigenvalue weighted by Crippen LogP contribution is 2.37. The van der Waals surface area contributed by atoms with E-state index in [1.54, 1.807) is 7.05 Å². The van der Waals surface area contributed by atoms with E-state index in [-0.39, 0.29) is 18.8 Å². The summed E-state index contributed by atoms with van der Waals surface area (Å²) in [5, 5.41) is 3.09. The number of halogens is 3. The van der Waals surface area contributed by atoms with Gasteiger partial charge in [-0.1, -0.05) is 0 Å². The molecule has 2 rings (SSSR count). The molecule has 1 aliphatic heterocycles. The average molecular weight is 283 g/mol. The van der Waals surface area contributed by atoms with Crippen LogP contribution in [0.2, 0.25) is 0 Å². The Morgan fingerprint density at radius 1 is 1.32 bits per heavy atom. The Kier molecular flexibility index (Phi) is 4.70. The summed E-state index contributed by atoms with van der Waals surface area (Å²) in [7, 11) is 1.79. The first-order chi connectivity index (χ1) is 8.94. The van der Waals surface area contributed by atoms with Gasteiger partial charge in [-0.15, -0.1) is 0 Å². The van der Waals surface area contributed by atoms with Crippen molar-refractivity contribution >= 4 is 0 Å². The van der Waals surface area contributed by atoms with E-state index in [1.165, 1.54) is 0 Å². The van der Waals surface area contributed by atoms with Crippen molar-refractivity contribution in [3.05, 3.63) is 0 Å². The number of alkyl halides is 3. The smallest absolute Gasteiger partial charge is 0.376 e. The minimum atomic E-state index is -4.18. The lowest BCUT2D eigenvalue weighted by Crippen LogP contribution is -2.51. The number of likely N-dealkylation sites (N-methyl/N-ethyl adjacent to an activating group) is 1. The molecule has 0 aromatic rings. The summed E-state index contributed by atoms with van der Waals surface area (Å²) in [5.41, 5.74) is 0. The molecule has 7 heteroatoms. The van der Waals surface area contributed by atoms with Crippen molar-refractivity contribution in [3.63, 3.8) is 0 Å². The zero-order chi connectivity index (χ0) is 13.9. The van der Waals surface area contributed by atoms with Crippen LogP contribution in [0.25, 0.3) is 0 Å². The molecule has 1 heterocycles. The van der Waals surface area contributed by atoms with E-state index < -0.39 is 18.4 Å².